The van der Waals surface area contributed by atoms with Crippen molar-refractivity contribution in [2.45, 2.75) is 18.9 Å². The van der Waals surface area contributed by atoms with E-state index in [-0.39, 0.29) is 5.82 Å². The summed E-state index contributed by atoms with van der Waals surface area (Å²) in [7, 11) is 0. The zero-order chi connectivity index (χ0) is 11.5. The standard InChI is InChI=1S/C12H13BrFNO/c13-9-3-4-10(11(14)6-9)12(15)8-2-1-5-16-7-8/h3-4,6-7,12H,1-2,5,15H2. The lowest BCUT2D eigenvalue weighted by molar-refractivity contribution is 0.221. The lowest BCUT2D eigenvalue weighted by Gasteiger charge is -2.20. The average Bonchev–Trinajstić information content (AvgIpc) is 2.29. The largest absolute Gasteiger partial charge is 0.501 e. The number of ether oxygens (including phenoxy) is 1. The van der Waals surface area contributed by atoms with Crippen LogP contribution >= 0.6 is 15.9 Å². The Morgan fingerprint density at radius 1 is 1.44 bits per heavy atom. The third-order valence-corrected chi connectivity index (χ3v) is 3.15. The van der Waals surface area contributed by atoms with Crippen molar-refractivity contribution < 1.29 is 9.13 Å². The van der Waals surface area contributed by atoms with E-state index in [2.05, 4.69) is 15.9 Å². The van der Waals surface area contributed by atoms with Gasteiger partial charge < -0.3 is 10.5 Å². The van der Waals surface area contributed by atoms with Gasteiger partial charge in [0.25, 0.3) is 0 Å². The second-order valence-corrected chi connectivity index (χ2v) is 4.73. The van der Waals surface area contributed by atoms with Gasteiger partial charge in [0.2, 0.25) is 0 Å². The molecular formula is C12H13BrFNO. The van der Waals surface area contributed by atoms with Crippen LogP contribution in [0.15, 0.2) is 34.5 Å². The van der Waals surface area contributed by atoms with E-state index in [1.54, 1.807) is 18.4 Å². The van der Waals surface area contributed by atoms with Crippen LogP contribution in [0.4, 0.5) is 4.39 Å². The van der Waals surface area contributed by atoms with Crippen LogP contribution in [-0.4, -0.2) is 6.61 Å². The summed E-state index contributed by atoms with van der Waals surface area (Å²) in [6.45, 7) is 0.721. The van der Waals surface area contributed by atoms with Crippen LogP contribution in [0.25, 0.3) is 0 Å². The van der Waals surface area contributed by atoms with Crippen LogP contribution in [0.1, 0.15) is 24.4 Å². The second-order valence-electron chi connectivity index (χ2n) is 3.81. The van der Waals surface area contributed by atoms with Crippen molar-refractivity contribution in [2.24, 2.45) is 5.73 Å². The fourth-order valence-corrected chi connectivity index (χ4v) is 2.10. The molecule has 1 unspecified atom stereocenters. The summed E-state index contributed by atoms with van der Waals surface area (Å²) in [5, 5.41) is 0. The third kappa shape index (κ3) is 2.44. The maximum Gasteiger partial charge on any atom is 0.129 e. The van der Waals surface area contributed by atoms with Gasteiger partial charge in [-0.15, -0.1) is 0 Å². The molecule has 0 saturated carbocycles. The molecule has 2 nitrogen and oxygen atoms in total. The van der Waals surface area contributed by atoms with Crippen molar-refractivity contribution in [3.63, 3.8) is 0 Å². The van der Waals surface area contributed by atoms with Gasteiger partial charge in [-0.3, -0.25) is 0 Å². The Balaban J connectivity index is 2.26. The zero-order valence-electron chi connectivity index (χ0n) is 8.75. The van der Waals surface area contributed by atoms with Gasteiger partial charge in [0.15, 0.2) is 0 Å². The number of nitrogens with two attached hydrogens (primary N) is 1. The Hall–Kier alpha value is -0.870. The molecule has 1 atom stereocenters. The van der Waals surface area contributed by atoms with Gasteiger partial charge in [-0.25, -0.2) is 4.39 Å². The summed E-state index contributed by atoms with van der Waals surface area (Å²) in [6.07, 6.45) is 3.48. The van der Waals surface area contributed by atoms with Gasteiger partial charge in [0, 0.05) is 10.0 Å². The molecule has 0 amide bonds. The summed E-state index contributed by atoms with van der Waals surface area (Å²) in [5.74, 6) is -0.284. The first kappa shape index (κ1) is 11.6. The summed E-state index contributed by atoms with van der Waals surface area (Å²) >= 11 is 3.22. The number of hydrogen-bond donors (Lipinski definition) is 1. The van der Waals surface area contributed by atoms with Crippen LogP contribution in [0.2, 0.25) is 0 Å². The molecule has 1 aliphatic rings. The highest BCUT2D eigenvalue weighted by Crippen LogP contribution is 2.28. The van der Waals surface area contributed by atoms with Gasteiger partial charge in [-0.05, 0) is 30.5 Å². The van der Waals surface area contributed by atoms with Gasteiger partial charge in [0.05, 0.1) is 18.9 Å². The van der Waals surface area contributed by atoms with Gasteiger partial charge >= 0.3 is 0 Å². The van der Waals surface area contributed by atoms with E-state index in [9.17, 15) is 4.39 Å². The van der Waals surface area contributed by atoms with Crippen LogP contribution in [-0.2, 0) is 4.74 Å². The number of halogens is 2. The fourth-order valence-electron chi connectivity index (χ4n) is 1.77. The molecule has 0 fully saturated rings. The van der Waals surface area contributed by atoms with E-state index in [0.717, 1.165) is 29.5 Å². The Morgan fingerprint density at radius 2 is 2.25 bits per heavy atom. The molecule has 0 saturated heterocycles. The first-order chi connectivity index (χ1) is 7.68. The number of hydrogen-bond acceptors (Lipinski definition) is 2. The highest BCUT2D eigenvalue weighted by Gasteiger charge is 2.18. The Bertz CT molecular complexity index is 419. The molecular weight excluding hydrogens is 273 g/mol. The number of rotatable bonds is 2. The molecule has 2 N–H and O–H groups in total. The maximum atomic E-state index is 13.7. The Morgan fingerprint density at radius 3 is 2.88 bits per heavy atom. The minimum Gasteiger partial charge on any atom is -0.501 e. The van der Waals surface area contributed by atoms with Crippen molar-refractivity contribution in [3.8, 4) is 0 Å². The van der Waals surface area contributed by atoms with E-state index < -0.39 is 6.04 Å². The van der Waals surface area contributed by atoms with E-state index >= 15 is 0 Å². The third-order valence-electron chi connectivity index (χ3n) is 2.66. The first-order valence-electron chi connectivity index (χ1n) is 5.19. The molecule has 4 heteroatoms. The molecule has 1 aliphatic heterocycles. The molecule has 1 aromatic carbocycles. The topological polar surface area (TPSA) is 35.2 Å². The normalized spacial score (nSPS) is 17.6. The summed E-state index contributed by atoms with van der Waals surface area (Å²) < 4.78 is 19.6. The van der Waals surface area contributed by atoms with Crippen LogP contribution in [0.3, 0.4) is 0 Å². The quantitative estimate of drug-likeness (QED) is 0.905. The molecule has 0 bridgehead atoms. The molecule has 0 spiro atoms. The molecule has 16 heavy (non-hydrogen) atoms. The van der Waals surface area contributed by atoms with Crippen LogP contribution in [0.5, 0.6) is 0 Å². The van der Waals surface area contributed by atoms with E-state index in [4.69, 9.17) is 10.5 Å². The highest BCUT2D eigenvalue weighted by atomic mass is 79.9. The molecule has 1 aromatic rings. The summed E-state index contributed by atoms with van der Waals surface area (Å²) in [6, 6.07) is 4.52. The Kier molecular flexibility index (Phi) is 3.61. The SMILES string of the molecule is NC(C1=COCCC1)c1ccc(Br)cc1F. The van der Waals surface area contributed by atoms with Crippen molar-refractivity contribution in [3.05, 3.63) is 45.9 Å². The fraction of sp³-hybridized carbons (Fsp3) is 0.333. The minimum absolute atomic E-state index is 0.284. The lowest BCUT2D eigenvalue weighted by atomic mass is 9.96. The first-order valence-corrected chi connectivity index (χ1v) is 5.99. The van der Waals surface area contributed by atoms with E-state index in [1.807, 2.05) is 0 Å². The van der Waals surface area contributed by atoms with Crippen molar-refractivity contribution in [1.82, 2.24) is 0 Å². The molecule has 2 rings (SSSR count). The molecule has 0 radical (unpaired) electrons. The predicted octanol–water partition coefficient (Wildman–Crippen LogP) is 3.28. The maximum absolute atomic E-state index is 13.7. The smallest absolute Gasteiger partial charge is 0.129 e. The van der Waals surface area contributed by atoms with Gasteiger partial charge in [-0.2, -0.15) is 0 Å². The van der Waals surface area contributed by atoms with Crippen molar-refractivity contribution in [2.75, 3.05) is 6.61 Å². The number of benzene rings is 1. The van der Waals surface area contributed by atoms with Gasteiger partial charge in [0.1, 0.15) is 5.82 Å². The minimum atomic E-state index is -0.409. The van der Waals surface area contributed by atoms with Gasteiger partial charge in [-0.1, -0.05) is 22.0 Å². The van der Waals surface area contributed by atoms with E-state index in [0.29, 0.717) is 5.56 Å². The van der Waals surface area contributed by atoms with Crippen LogP contribution < -0.4 is 5.73 Å². The monoisotopic (exact) mass is 285 g/mol. The Labute approximate surface area is 102 Å². The summed E-state index contributed by atoms with van der Waals surface area (Å²) in [5.41, 5.74) is 7.48. The predicted molar refractivity (Wildman–Crippen MR) is 64.3 cm³/mol. The highest BCUT2D eigenvalue weighted by molar-refractivity contribution is 9.10. The molecule has 1 heterocycles. The van der Waals surface area contributed by atoms with E-state index in [1.165, 1.54) is 6.07 Å². The van der Waals surface area contributed by atoms with Crippen molar-refractivity contribution >= 4 is 15.9 Å². The molecule has 86 valence electrons. The second kappa shape index (κ2) is 4.97. The zero-order valence-corrected chi connectivity index (χ0v) is 10.3. The van der Waals surface area contributed by atoms with Crippen LogP contribution in [0, 0.1) is 5.82 Å². The average molecular weight is 286 g/mol. The lowest BCUT2D eigenvalue weighted by Crippen LogP contribution is -2.17. The molecule has 0 aliphatic carbocycles. The summed E-state index contributed by atoms with van der Waals surface area (Å²) in [4.78, 5) is 0. The van der Waals surface area contributed by atoms with Crippen molar-refractivity contribution in [1.29, 1.82) is 0 Å². The molecule has 0 aromatic heterocycles.